The molecule has 2 N–H and O–H groups in total. The van der Waals surface area contributed by atoms with Crippen LogP contribution in [0.4, 0.5) is 5.69 Å². The monoisotopic (exact) mass is 403 g/mol. The summed E-state index contributed by atoms with van der Waals surface area (Å²) in [5, 5.41) is 2.88. The van der Waals surface area contributed by atoms with Crippen molar-refractivity contribution in [3.05, 3.63) is 86.7 Å². The van der Waals surface area contributed by atoms with Crippen molar-refractivity contribution in [3.63, 3.8) is 0 Å². The fourth-order valence-electron chi connectivity index (χ4n) is 4.39. The minimum absolute atomic E-state index is 0.128. The SMILES string of the molecule is O=C(Nc1ccc2c(c1)CCC2)c1c2c(c[nH]c1=O)CN(C(=O)c1ccoc1)CC2. The number of pyridine rings is 1. The molecule has 0 unspecified atom stereocenters. The lowest BCUT2D eigenvalue weighted by molar-refractivity contribution is 0.0733. The molecule has 1 aliphatic heterocycles. The first kappa shape index (κ1) is 18.4. The topological polar surface area (TPSA) is 95.4 Å². The average molecular weight is 403 g/mol. The number of aromatic amines is 1. The summed E-state index contributed by atoms with van der Waals surface area (Å²) in [6, 6.07) is 7.55. The standard InChI is InChI=1S/C23H21N3O4/c27-21-20(22(28)25-18-5-4-14-2-1-3-15(14)10-18)19-6-8-26(12-17(19)11-24-21)23(29)16-7-9-30-13-16/h4-5,7,9-11,13H,1-3,6,8,12H2,(H,24,27)(H,25,28). The predicted octanol–water partition coefficient (Wildman–Crippen LogP) is 2.91. The first-order valence-corrected chi connectivity index (χ1v) is 10.1. The number of rotatable bonds is 3. The van der Waals surface area contributed by atoms with Crippen LogP contribution in [0.2, 0.25) is 0 Å². The molecule has 2 amide bonds. The molecule has 30 heavy (non-hydrogen) atoms. The molecule has 5 rings (SSSR count). The van der Waals surface area contributed by atoms with E-state index in [2.05, 4.69) is 10.3 Å². The van der Waals surface area contributed by atoms with Gasteiger partial charge in [-0.15, -0.1) is 0 Å². The Balaban J connectivity index is 1.40. The molecule has 3 aromatic rings. The third kappa shape index (κ3) is 3.22. The lowest BCUT2D eigenvalue weighted by atomic mass is 9.96. The number of nitrogens with one attached hydrogen (secondary N) is 2. The van der Waals surface area contributed by atoms with Crippen LogP contribution in [0.3, 0.4) is 0 Å². The summed E-state index contributed by atoms with van der Waals surface area (Å²) in [4.78, 5) is 42.4. The van der Waals surface area contributed by atoms with E-state index in [-0.39, 0.29) is 11.5 Å². The molecule has 0 saturated carbocycles. The third-order valence-electron chi connectivity index (χ3n) is 5.93. The maximum Gasteiger partial charge on any atom is 0.261 e. The average Bonchev–Trinajstić information content (AvgIpc) is 3.44. The fourth-order valence-corrected chi connectivity index (χ4v) is 4.39. The lowest BCUT2D eigenvalue weighted by Crippen LogP contribution is -2.38. The number of fused-ring (bicyclic) bond motifs is 2. The van der Waals surface area contributed by atoms with Crippen molar-refractivity contribution >= 4 is 17.5 Å². The van der Waals surface area contributed by atoms with Gasteiger partial charge in [0.15, 0.2) is 0 Å². The molecule has 0 radical (unpaired) electrons. The molecular weight excluding hydrogens is 382 g/mol. The van der Waals surface area contributed by atoms with Crippen LogP contribution in [-0.2, 0) is 25.8 Å². The Morgan fingerprint density at radius 2 is 1.93 bits per heavy atom. The van der Waals surface area contributed by atoms with E-state index >= 15 is 0 Å². The Bertz CT molecular complexity index is 1190. The molecule has 2 aliphatic rings. The molecule has 0 saturated heterocycles. The molecule has 1 aliphatic carbocycles. The van der Waals surface area contributed by atoms with Crippen LogP contribution in [0.5, 0.6) is 0 Å². The molecular formula is C23H21N3O4. The van der Waals surface area contributed by atoms with E-state index in [1.807, 2.05) is 18.2 Å². The minimum atomic E-state index is -0.416. The second-order valence-corrected chi connectivity index (χ2v) is 7.78. The van der Waals surface area contributed by atoms with Crippen molar-refractivity contribution in [2.45, 2.75) is 32.2 Å². The van der Waals surface area contributed by atoms with E-state index in [0.29, 0.717) is 36.3 Å². The lowest BCUT2D eigenvalue weighted by Gasteiger charge is -2.29. The van der Waals surface area contributed by atoms with Gasteiger partial charge in [0.1, 0.15) is 11.8 Å². The molecule has 7 heteroatoms. The quantitative estimate of drug-likeness (QED) is 0.703. The molecule has 2 aromatic heterocycles. The van der Waals surface area contributed by atoms with Crippen LogP contribution in [0.15, 0.2) is 52.2 Å². The number of hydrogen-bond donors (Lipinski definition) is 2. The van der Waals surface area contributed by atoms with Crippen molar-refractivity contribution in [2.75, 3.05) is 11.9 Å². The second kappa shape index (κ2) is 7.33. The van der Waals surface area contributed by atoms with Gasteiger partial charge in [0.25, 0.3) is 17.4 Å². The maximum atomic E-state index is 13.0. The van der Waals surface area contributed by atoms with Crippen LogP contribution in [0.25, 0.3) is 0 Å². The molecule has 0 atom stereocenters. The predicted molar refractivity (Wildman–Crippen MR) is 111 cm³/mol. The number of furan rings is 1. The number of aromatic nitrogens is 1. The van der Waals surface area contributed by atoms with E-state index in [0.717, 1.165) is 24.8 Å². The van der Waals surface area contributed by atoms with Gasteiger partial charge in [0.05, 0.1) is 11.8 Å². The van der Waals surface area contributed by atoms with Crippen molar-refractivity contribution in [1.82, 2.24) is 9.88 Å². The third-order valence-corrected chi connectivity index (χ3v) is 5.93. The van der Waals surface area contributed by atoms with E-state index in [1.165, 1.54) is 23.7 Å². The summed E-state index contributed by atoms with van der Waals surface area (Å²) >= 11 is 0. The smallest absolute Gasteiger partial charge is 0.261 e. The van der Waals surface area contributed by atoms with Gasteiger partial charge in [0.2, 0.25) is 0 Å². The van der Waals surface area contributed by atoms with Crippen LogP contribution in [0.1, 0.15) is 49.4 Å². The highest BCUT2D eigenvalue weighted by Gasteiger charge is 2.27. The molecule has 7 nitrogen and oxygen atoms in total. The van der Waals surface area contributed by atoms with Crippen molar-refractivity contribution in [2.24, 2.45) is 0 Å². The number of carbonyl (C=O) groups is 2. The highest BCUT2D eigenvalue weighted by atomic mass is 16.3. The highest BCUT2D eigenvalue weighted by Crippen LogP contribution is 2.26. The number of carbonyl (C=O) groups excluding carboxylic acids is 2. The first-order chi connectivity index (χ1) is 14.6. The molecule has 3 heterocycles. The Hall–Kier alpha value is -3.61. The van der Waals surface area contributed by atoms with Crippen LogP contribution in [-0.4, -0.2) is 28.2 Å². The molecule has 1 aromatic carbocycles. The van der Waals surface area contributed by atoms with Crippen molar-refractivity contribution < 1.29 is 14.0 Å². The van der Waals surface area contributed by atoms with E-state index in [4.69, 9.17) is 4.42 Å². The Kier molecular flexibility index (Phi) is 4.50. The number of anilines is 1. The van der Waals surface area contributed by atoms with Gasteiger partial charge in [-0.3, -0.25) is 14.4 Å². The van der Waals surface area contributed by atoms with Crippen molar-refractivity contribution in [1.29, 1.82) is 0 Å². The fraction of sp³-hybridized carbons (Fsp3) is 0.261. The number of H-pyrrole nitrogens is 1. The summed E-state index contributed by atoms with van der Waals surface area (Å²) in [6.07, 6.45) is 8.13. The van der Waals surface area contributed by atoms with Gasteiger partial charge >= 0.3 is 0 Å². The molecule has 0 bridgehead atoms. The van der Waals surface area contributed by atoms with Gasteiger partial charge in [-0.2, -0.15) is 0 Å². The van der Waals surface area contributed by atoms with E-state index < -0.39 is 11.5 Å². The number of amides is 2. The van der Waals surface area contributed by atoms with Crippen LogP contribution >= 0.6 is 0 Å². The molecule has 152 valence electrons. The summed E-state index contributed by atoms with van der Waals surface area (Å²) in [5.74, 6) is -0.551. The Morgan fingerprint density at radius 3 is 2.77 bits per heavy atom. The summed E-state index contributed by atoms with van der Waals surface area (Å²) in [6.45, 7) is 0.759. The van der Waals surface area contributed by atoms with Gasteiger partial charge in [0, 0.05) is 25.0 Å². The normalized spacial score (nSPS) is 14.9. The number of benzene rings is 1. The zero-order valence-corrected chi connectivity index (χ0v) is 16.4. The zero-order valence-electron chi connectivity index (χ0n) is 16.4. The summed E-state index contributed by atoms with van der Waals surface area (Å²) < 4.78 is 5.00. The van der Waals surface area contributed by atoms with Gasteiger partial charge < -0.3 is 19.6 Å². The van der Waals surface area contributed by atoms with Crippen LogP contribution in [0, 0.1) is 0 Å². The Morgan fingerprint density at radius 1 is 1.07 bits per heavy atom. The van der Waals surface area contributed by atoms with Gasteiger partial charge in [-0.05, 0) is 66.1 Å². The highest BCUT2D eigenvalue weighted by molar-refractivity contribution is 6.05. The molecule has 0 fully saturated rings. The first-order valence-electron chi connectivity index (χ1n) is 10.1. The summed E-state index contributed by atoms with van der Waals surface area (Å²) in [7, 11) is 0. The van der Waals surface area contributed by atoms with E-state index in [1.54, 1.807) is 17.2 Å². The number of nitrogens with zero attached hydrogens (tertiary/aromatic N) is 1. The molecule has 0 spiro atoms. The second-order valence-electron chi connectivity index (χ2n) is 7.78. The largest absolute Gasteiger partial charge is 0.472 e. The summed E-state index contributed by atoms with van der Waals surface area (Å²) in [5.41, 5.74) is 4.95. The van der Waals surface area contributed by atoms with Crippen LogP contribution < -0.4 is 10.9 Å². The zero-order chi connectivity index (χ0) is 20.7. The van der Waals surface area contributed by atoms with E-state index in [9.17, 15) is 14.4 Å². The van der Waals surface area contributed by atoms with Gasteiger partial charge in [-0.1, -0.05) is 6.07 Å². The minimum Gasteiger partial charge on any atom is -0.472 e. The number of aryl methyl sites for hydroxylation is 2. The Labute approximate surface area is 172 Å². The maximum absolute atomic E-state index is 13.0. The van der Waals surface area contributed by atoms with Crippen molar-refractivity contribution in [3.8, 4) is 0 Å². The number of hydrogen-bond acceptors (Lipinski definition) is 4. The van der Waals surface area contributed by atoms with Gasteiger partial charge in [-0.25, -0.2) is 0 Å².